The molecule has 1 aliphatic carbocycles. The molecule has 4 rings (SSSR count). The number of pyridine rings is 1. The first kappa shape index (κ1) is 16.3. The van der Waals surface area contributed by atoms with E-state index in [2.05, 4.69) is 21.7 Å². The molecule has 6 nitrogen and oxygen atoms in total. The smallest absolute Gasteiger partial charge is 0.233 e. The average Bonchev–Trinajstić information content (AvgIpc) is 3.25. The third-order valence-electron chi connectivity index (χ3n) is 4.58. The summed E-state index contributed by atoms with van der Waals surface area (Å²) in [5, 5.41) is 5.55. The highest BCUT2D eigenvalue weighted by molar-refractivity contribution is 6.03. The van der Waals surface area contributed by atoms with Gasteiger partial charge in [0, 0.05) is 18.1 Å². The minimum atomic E-state index is -0.319. The molecule has 1 aliphatic rings. The fourth-order valence-electron chi connectivity index (χ4n) is 3.32. The van der Waals surface area contributed by atoms with Gasteiger partial charge in [0.05, 0.1) is 12.2 Å². The number of amides is 2. The van der Waals surface area contributed by atoms with Gasteiger partial charge in [-0.1, -0.05) is 12.1 Å². The van der Waals surface area contributed by atoms with Gasteiger partial charge in [-0.25, -0.2) is 4.98 Å². The number of anilines is 1. The minimum absolute atomic E-state index is 0.204. The molecule has 132 valence electrons. The largest absolute Gasteiger partial charge is 0.350 e. The van der Waals surface area contributed by atoms with Crippen LogP contribution in [-0.2, 0) is 29.0 Å². The van der Waals surface area contributed by atoms with Gasteiger partial charge < -0.3 is 15.0 Å². The number of hydrogen-bond donors (Lipinski definition) is 2. The molecule has 0 atom stereocenters. The first-order chi connectivity index (χ1) is 12.7. The van der Waals surface area contributed by atoms with E-state index in [0.717, 1.165) is 36.3 Å². The molecule has 1 aromatic carbocycles. The standard InChI is InChI=1S/C20H20N4O2/c25-19(21-12-17-13-24-9-2-1-6-18(24)22-17)11-20(26)23-16-8-7-14-4-3-5-15(14)10-16/h1-2,6-10,13H,3-5,11-12H2,(H,21,25)(H,23,26). The van der Waals surface area contributed by atoms with Crippen LogP contribution in [0.5, 0.6) is 0 Å². The lowest BCUT2D eigenvalue weighted by Gasteiger charge is -2.08. The van der Waals surface area contributed by atoms with E-state index in [1.165, 1.54) is 11.1 Å². The number of imidazole rings is 1. The highest BCUT2D eigenvalue weighted by Crippen LogP contribution is 2.24. The molecular weight excluding hydrogens is 328 g/mol. The summed E-state index contributed by atoms with van der Waals surface area (Å²) >= 11 is 0. The average molecular weight is 348 g/mol. The normalized spacial score (nSPS) is 12.8. The van der Waals surface area contributed by atoms with E-state index < -0.39 is 0 Å². The fraction of sp³-hybridized carbons (Fsp3) is 0.250. The number of hydrogen-bond acceptors (Lipinski definition) is 3. The van der Waals surface area contributed by atoms with Crippen LogP contribution >= 0.6 is 0 Å². The van der Waals surface area contributed by atoms with Crippen LogP contribution in [-0.4, -0.2) is 21.2 Å². The lowest BCUT2D eigenvalue weighted by Crippen LogP contribution is -2.27. The number of aromatic nitrogens is 2. The predicted molar refractivity (Wildman–Crippen MR) is 98.8 cm³/mol. The van der Waals surface area contributed by atoms with E-state index in [9.17, 15) is 9.59 Å². The zero-order valence-corrected chi connectivity index (χ0v) is 14.4. The van der Waals surface area contributed by atoms with Crippen molar-refractivity contribution in [2.24, 2.45) is 0 Å². The van der Waals surface area contributed by atoms with Crippen LogP contribution in [0, 0.1) is 0 Å². The van der Waals surface area contributed by atoms with Crippen LogP contribution in [0.1, 0.15) is 29.7 Å². The van der Waals surface area contributed by atoms with Crippen molar-refractivity contribution in [2.75, 3.05) is 5.32 Å². The number of rotatable bonds is 5. The van der Waals surface area contributed by atoms with Crippen molar-refractivity contribution in [1.29, 1.82) is 0 Å². The summed E-state index contributed by atoms with van der Waals surface area (Å²) in [6.45, 7) is 0.298. The Balaban J connectivity index is 1.29. The monoisotopic (exact) mass is 348 g/mol. The van der Waals surface area contributed by atoms with Gasteiger partial charge in [-0.3, -0.25) is 9.59 Å². The van der Waals surface area contributed by atoms with Crippen LogP contribution in [0.3, 0.4) is 0 Å². The Kier molecular flexibility index (Phi) is 4.39. The first-order valence-corrected chi connectivity index (χ1v) is 8.78. The number of fused-ring (bicyclic) bond motifs is 2. The molecule has 2 amide bonds. The van der Waals surface area contributed by atoms with Crippen molar-refractivity contribution in [1.82, 2.24) is 14.7 Å². The summed E-state index contributed by atoms with van der Waals surface area (Å²) in [5.41, 5.74) is 4.98. The van der Waals surface area contributed by atoms with Gasteiger partial charge >= 0.3 is 0 Å². The van der Waals surface area contributed by atoms with E-state index in [1.54, 1.807) is 0 Å². The van der Waals surface area contributed by atoms with Crippen molar-refractivity contribution in [2.45, 2.75) is 32.2 Å². The predicted octanol–water partition coefficient (Wildman–Crippen LogP) is 2.47. The highest BCUT2D eigenvalue weighted by Gasteiger charge is 2.14. The summed E-state index contributed by atoms with van der Waals surface area (Å²) in [4.78, 5) is 28.5. The van der Waals surface area contributed by atoms with Gasteiger partial charge in [-0.15, -0.1) is 0 Å². The summed E-state index contributed by atoms with van der Waals surface area (Å²) in [5.74, 6) is -0.629. The van der Waals surface area contributed by atoms with Crippen LogP contribution in [0.2, 0.25) is 0 Å². The lowest BCUT2D eigenvalue weighted by atomic mass is 10.1. The van der Waals surface area contributed by atoms with Crippen LogP contribution in [0.4, 0.5) is 5.69 Å². The second-order valence-electron chi connectivity index (χ2n) is 6.54. The molecule has 0 saturated carbocycles. The topological polar surface area (TPSA) is 75.5 Å². The van der Waals surface area contributed by atoms with Crippen LogP contribution in [0.25, 0.3) is 5.65 Å². The Morgan fingerprint density at radius 3 is 2.85 bits per heavy atom. The molecule has 3 aromatic rings. The highest BCUT2D eigenvalue weighted by atomic mass is 16.2. The summed E-state index contributed by atoms with van der Waals surface area (Å²) in [6, 6.07) is 11.7. The van der Waals surface area contributed by atoms with Crippen molar-refractivity contribution < 1.29 is 9.59 Å². The zero-order valence-electron chi connectivity index (χ0n) is 14.4. The minimum Gasteiger partial charge on any atom is -0.350 e. The molecule has 0 spiro atoms. The first-order valence-electron chi connectivity index (χ1n) is 8.78. The maximum Gasteiger partial charge on any atom is 0.233 e. The van der Waals surface area contributed by atoms with Crippen molar-refractivity contribution in [3.05, 3.63) is 65.6 Å². The molecule has 26 heavy (non-hydrogen) atoms. The van der Waals surface area contributed by atoms with Crippen LogP contribution < -0.4 is 10.6 Å². The van der Waals surface area contributed by atoms with Crippen molar-refractivity contribution >= 4 is 23.1 Å². The lowest BCUT2D eigenvalue weighted by molar-refractivity contribution is -0.126. The third kappa shape index (κ3) is 3.59. The van der Waals surface area contributed by atoms with Gasteiger partial charge in [0.2, 0.25) is 11.8 Å². The Morgan fingerprint density at radius 1 is 1.08 bits per heavy atom. The van der Waals surface area contributed by atoms with E-state index in [1.807, 2.05) is 47.1 Å². The van der Waals surface area contributed by atoms with Crippen molar-refractivity contribution in [3.63, 3.8) is 0 Å². The Labute approximate surface area is 151 Å². The van der Waals surface area contributed by atoms with Gasteiger partial charge in [-0.05, 0) is 54.7 Å². The summed E-state index contributed by atoms with van der Waals surface area (Å²) in [7, 11) is 0. The number of nitrogens with zero attached hydrogens (tertiary/aromatic N) is 2. The molecule has 6 heteroatoms. The maximum absolute atomic E-state index is 12.1. The Bertz CT molecular complexity index is 944. The molecule has 0 aliphatic heterocycles. The molecular formula is C20H20N4O2. The number of aryl methyl sites for hydroxylation is 2. The van der Waals surface area contributed by atoms with Gasteiger partial charge in [0.1, 0.15) is 12.1 Å². The Morgan fingerprint density at radius 2 is 1.96 bits per heavy atom. The van der Waals surface area contributed by atoms with Gasteiger partial charge in [-0.2, -0.15) is 0 Å². The Hall–Kier alpha value is -3.15. The second-order valence-corrected chi connectivity index (χ2v) is 6.54. The number of nitrogens with one attached hydrogen (secondary N) is 2. The molecule has 2 heterocycles. The van der Waals surface area contributed by atoms with Crippen LogP contribution in [0.15, 0.2) is 48.8 Å². The molecule has 0 radical (unpaired) electrons. The number of carbonyl (C=O) groups excluding carboxylic acids is 2. The van der Waals surface area contributed by atoms with Gasteiger partial charge in [0.15, 0.2) is 0 Å². The molecule has 2 aromatic heterocycles. The molecule has 0 bridgehead atoms. The van der Waals surface area contributed by atoms with Crippen molar-refractivity contribution in [3.8, 4) is 0 Å². The second kappa shape index (κ2) is 7.00. The quantitative estimate of drug-likeness (QED) is 0.696. The summed E-state index contributed by atoms with van der Waals surface area (Å²) < 4.78 is 1.89. The maximum atomic E-state index is 12.1. The molecule has 0 saturated heterocycles. The number of carbonyl (C=O) groups is 2. The van der Waals surface area contributed by atoms with Gasteiger partial charge in [0.25, 0.3) is 0 Å². The number of benzene rings is 1. The fourth-order valence-corrected chi connectivity index (χ4v) is 3.32. The van der Waals surface area contributed by atoms with E-state index in [-0.39, 0.29) is 18.2 Å². The van der Waals surface area contributed by atoms with E-state index in [4.69, 9.17) is 0 Å². The third-order valence-corrected chi connectivity index (χ3v) is 4.58. The SMILES string of the molecule is O=C(CC(=O)Nc1ccc2c(c1)CCC2)NCc1cn2ccccc2n1. The summed E-state index contributed by atoms with van der Waals surface area (Å²) in [6.07, 6.45) is 6.88. The molecule has 2 N–H and O–H groups in total. The molecule has 0 fully saturated rings. The van der Waals surface area contributed by atoms with E-state index in [0.29, 0.717) is 6.54 Å². The zero-order chi connectivity index (χ0) is 17.9. The molecule has 0 unspecified atom stereocenters. The van der Waals surface area contributed by atoms with E-state index >= 15 is 0 Å².